The van der Waals surface area contributed by atoms with E-state index >= 15 is 0 Å². The van der Waals surface area contributed by atoms with Crippen molar-refractivity contribution in [1.82, 2.24) is 0 Å². The van der Waals surface area contributed by atoms with E-state index in [1.165, 1.54) is 57.8 Å². The van der Waals surface area contributed by atoms with Gasteiger partial charge in [-0.15, -0.1) is 0 Å². The van der Waals surface area contributed by atoms with Gasteiger partial charge in [0.05, 0.1) is 6.10 Å². The molecule has 5 aliphatic rings. The Kier molecular flexibility index (Phi) is 5.89. The van der Waals surface area contributed by atoms with Gasteiger partial charge in [0.2, 0.25) is 0 Å². The molecule has 1 spiro atoms. The van der Waals surface area contributed by atoms with Gasteiger partial charge in [0.15, 0.2) is 0 Å². The van der Waals surface area contributed by atoms with Gasteiger partial charge in [0.1, 0.15) is 0 Å². The Morgan fingerprint density at radius 1 is 0.903 bits per heavy atom. The summed E-state index contributed by atoms with van der Waals surface area (Å²) in [5.74, 6) is 6.93. The lowest BCUT2D eigenvalue weighted by molar-refractivity contribution is -0.144. The standard InChI is InChI=1S/C30H52O/c1-7-31-23-13-16-29(6)27-14-15-28(5)25(21(4)10-8-9-20(2)3)11-12-26(28)24(27)17-22-18-30(22,29)19-23/h20-27H,7-19H2,1-6H3/t21-,22?,23-,24+,25-,26+,27+,28-,29-,30-/m1/s1. The summed E-state index contributed by atoms with van der Waals surface area (Å²) >= 11 is 0. The molecule has 0 radical (unpaired) electrons. The van der Waals surface area contributed by atoms with Crippen molar-refractivity contribution in [1.29, 1.82) is 0 Å². The largest absolute Gasteiger partial charge is 0.378 e. The first-order valence-corrected chi connectivity index (χ1v) is 14.4. The molecule has 0 aliphatic heterocycles. The first-order chi connectivity index (χ1) is 14.7. The summed E-state index contributed by atoms with van der Waals surface area (Å²) in [7, 11) is 0. The molecule has 0 amide bonds. The Balaban J connectivity index is 1.31. The third kappa shape index (κ3) is 3.40. The third-order valence-electron chi connectivity index (χ3n) is 12.4. The Morgan fingerprint density at radius 3 is 2.45 bits per heavy atom. The van der Waals surface area contributed by atoms with Crippen molar-refractivity contribution in [2.24, 2.45) is 57.7 Å². The average molecular weight is 429 g/mol. The second kappa shape index (κ2) is 8.02. The minimum Gasteiger partial charge on any atom is -0.378 e. The lowest BCUT2D eigenvalue weighted by Gasteiger charge is -2.61. The van der Waals surface area contributed by atoms with Crippen LogP contribution in [0.5, 0.6) is 0 Å². The average Bonchev–Trinajstić information content (AvgIpc) is 3.29. The normalized spacial score (nSPS) is 51.6. The molecule has 0 heterocycles. The molecule has 1 unspecified atom stereocenters. The molecule has 5 saturated carbocycles. The third-order valence-corrected chi connectivity index (χ3v) is 12.4. The van der Waals surface area contributed by atoms with E-state index in [1.807, 2.05) is 0 Å². The van der Waals surface area contributed by atoms with Crippen LogP contribution in [0.4, 0.5) is 0 Å². The van der Waals surface area contributed by atoms with Gasteiger partial charge in [-0.1, -0.05) is 53.9 Å². The minimum absolute atomic E-state index is 0.566. The maximum Gasteiger partial charge on any atom is 0.0580 e. The van der Waals surface area contributed by atoms with E-state index in [4.69, 9.17) is 4.74 Å². The maximum atomic E-state index is 6.18. The number of hydrogen-bond donors (Lipinski definition) is 0. The fraction of sp³-hybridized carbons (Fsp3) is 1.00. The number of hydrogen-bond acceptors (Lipinski definition) is 1. The fourth-order valence-corrected chi connectivity index (χ4v) is 10.8. The fourth-order valence-electron chi connectivity index (χ4n) is 10.8. The van der Waals surface area contributed by atoms with Crippen molar-refractivity contribution in [3.63, 3.8) is 0 Å². The van der Waals surface area contributed by atoms with E-state index < -0.39 is 0 Å². The van der Waals surface area contributed by atoms with E-state index in [1.54, 1.807) is 19.3 Å². The summed E-state index contributed by atoms with van der Waals surface area (Å²) in [6, 6.07) is 0. The van der Waals surface area contributed by atoms with Gasteiger partial charge in [-0.05, 0) is 122 Å². The smallest absolute Gasteiger partial charge is 0.0580 e. The predicted octanol–water partition coefficient (Wildman–Crippen LogP) is 8.51. The predicted molar refractivity (Wildman–Crippen MR) is 131 cm³/mol. The van der Waals surface area contributed by atoms with Gasteiger partial charge in [-0.3, -0.25) is 0 Å². The zero-order chi connectivity index (χ0) is 22.0. The van der Waals surface area contributed by atoms with Gasteiger partial charge in [0.25, 0.3) is 0 Å². The molecule has 5 fully saturated rings. The molecule has 178 valence electrons. The highest BCUT2D eigenvalue weighted by Gasteiger charge is 2.73. The summed E-state index contributed by atoms with van der Waals surface area (Å²) < 4.78 is 6.18. The Hall–Kier alpha value is -0.0400. The molecular weight excluding hydrogens is 376 g/mol. The summed E-state index contributed by atoms with van der Waals surface area (Å²) in [5.41, 5.74) is 1.94. The maximum absolute atomic E-state index is 6.18. The van der Waals surface area contributed by atoms with Crippen LogP contribution in [0.3, 0.4) is 0 Å². The molecule has 5 rings (SSSR count). The van der Waals surface area contributed by atoms with Crippen molar-refractivity contribution in [2.75, 3.05) is 6.61 Å². The molecule has 0 aromatic carbocycles. The Bertz CT molecular complexity index is 655. The molecule has 10 atom stereocenters. The van der Waals surface area contributed by atoms with E-state index in [-0.39, 0.29) is 0 Å². The first kappa shape index (κ1) is 22.7. The molecule has 0 aromatic heterocycles. The lowest BCUT2D eigenvalue weighted by Crippen LogP contribution is -2.55. The van der Waals surface area contributed by atoms with Crippen LogP contribution in [0, 0.1) is 57.7 Å². The van der Waals surface area contributed by atoms with Gasteiger partial charge >= 0.3 is 0 Å². The highest BCUT2D eigenvalue weighted by atomic mass is 16.5. The monoisotopic (exact) mass is 428 g/mol. The van der Waals surface area contributed by atoms with E-state index in [2.05, 4.69) is 41.5 Å². The number of fused-ring (bicyclic) bond motifs is 4. The van der Waals surface area contributed by atoms with E-state index in [0.717, 1.165) is 48.0 Å². The van der Waals surface area contributed by atoms with E-state index in [9.17, 15) is 0 Å². The molecule has 1 nitrogen and oxygen atoms in total. The Labute approximate surface area is 193 Å². The molecular formula is C30H52O. The van der Waals surface area contributed by atoms with Crippen LogP contribution in [0.25, 0.3) is 0 Å². The minimum atomic E-state index is 0.566. The summed E-state index contributed by atoms with van der Waals surface area (Å²) in [6.07, 6.45) is 18.4. The molecule has 0 bridgehead atoms. The number of rotatable bonds is 7. The van der Waals surface area contributed by atoms with Crippen LogP contribution in [0.15, 0.2) is 0 Å². The van der Waals surface area contributed by atoms with E-state index in [0.29, 0.717) is 22.3 Å². The summed E-state index contributed by atoms with van der Waals surface area (Å²) in [5, 5.41) is 0. The highest BCUT2D eigenvalue weighted by Crippen LogP contribution is 2.81. The van der Waals surface area contributed by atoms with Crippen LogP contribution >= 0.6 is 0 Å². The van der Waals surface area contributed by atoms with Crippen LogP contribution in [0.1, 0.15) is 119 Å². The topological polar surface area (TPSA) is 9.23 Å². The second-order valence-electron chi connectivity index (χ2n) is 13.9. The lowest BCUT2D eigenvalue weighted by atomic mass is 9.44. The molecule has 0 saturated heterocycles. The first-order valence-electron chi connectivity index (χ1n) is 14.4. The van der Waals surface area contributed by atoms with Gasteiger partial charge < -0.3 is 4.74 Å². The zero-order valence-electron chi connectivity index (χ0n) is 21.7. The summed E-state index contributed by atoms with van der Waals surface area (Å²) in [4.78, 5) is 0. The molecule has 5 aliphatic carbocycles. The van der Waals surface area contributed by atoms with Crippen molar-refractivity contribution in [3.8, 4) is 0 Å². The second-order valence-corrected chi connectivity index (χ2v) is 13.9. The number of ether oxygens (including phenoxy) is 1. The van der Waals surface area contributed by atoms with Gasteiger partial charge in [0, 0.05) is 6.61 Å². The van der Waals surface area contributed by atoms with Crippen molar-refractivity contribution >= 4 is 0 Å². The molecule has 0 aromatic rings. The molecule has 0 N–H and O–H groups in total. The molecule has 31 heavy (non-hydrogen) atoms. The van der Waals surface area contributed by atoms with Gasteiger partial charge in [-0.25, -0.2) is 0 Å². The quantitative estimate of drug-likeness (QED) is 0.395. The Morgan fingerprint density at radius 2 is 1.71 bits per heavy atom. The zero-order valence-corrected chi connectivity index (χ0v) is 21.7. The SMILES string of the molecule is CCO[C@@H]1CC[C@]2(C)[C@H]3CC[C@]4(C)[C@@H]([C@H](C)CCCC(C)C)CC[C@H]4[C@@H]3CC3C[C@@]32C1. The van der Waals surface area contributed by atoms with Crippen LogP contribution < -0.4 is 0 Å². The highest BCUT2D eigenvalue weighted by molar-refractivity contribution is 5.22. The van der Waals surface area contributed by atoms with Crippen molar-refractivity contribution in [3.05, 3.63) is 0 Å². The van der Waals surface area contributed by atoms with Crippen LogP contribution in [0.2, 0.25) is 0 Å². The van der Waals surface area contributed by atoms with Crippen molar-refractivity contribution in [2.45, 2.75) is 125 Å². The summed E-state index contributed by atoms with van der Waals surface area (Å²) in [6.45, 7) is 16.0. The molecule has 1 heteroatoms. The van der Waals surface area contributed by atoms with Crippen molar-refractivity contribution < 1.29 is 4.74 Å². The van der Waals surface area contributed by atoms with Crippen LogP contribution in [-0.4, -0.2) is 12.7 Å². The van der Waals surface area contributed by atoms with Crippen LogP contribution in [-0.2, 0) is 4.74 Å². The van der Waals surface area contributed by atoms with Gasteiger partial charge in [-0.2, -0.15) is 0 Å².